The number of hydrogen-bond donors (Lipinski definition) is 0. The van der Waals surface area contributed by atoms with Crippen molar-refractivity contribution in [3.63, 3.8) is 0 Å². The lowest BCUT2D eigenvalue weighted by Crippen LogP contribution is -2.29. The molecule has 2 aromatic heterocycles. The van der Waals surface area contributed by atoms with Crippen LogP contribution in [0.1, 0.15) is 29.0 Å². The van der Waals surface area contributed by atoms with Crippen molar-refractivity contribution in [2.75, 3.05) is 27.3 Å². The maximum Gasteiger partial charge on any atom is 0.259 e. The lowest BCUT2D eigenvalue weighted by Gasteiger charge is -2.18. The number of carbonyl (C=O) groups is 1. The normalized spacial score (nSPS) is 15.8. The SMILES string of the molecule is COc1ccc(C(=O)N2CCC(CCc3noc(-c4ccc(F)cc4)n3)C2)c(OC)n1. The predicted octanol–water partition coefficient (Wildman–Crippen LogP) is 3.38. The van der Waals surface area contributed by atoms with Crippen LogP contribution in [-0.4, -0.2) is 53.2 Å². The van der Waals surface area contributed by atoms with Crippen LogP contribution in [0.5, 0.6) is 11.8 Å². The Bertz CT molecular complexity index is 1050. The van der Waals surface area contributed by atoms with Gasteiger partial charge in [0, 0.05) is 31.1 Å². The minimum Gasteiger partial charge on any atom is -0.481 e. The van der Waals surface area contributed by atoms with Crippen molar-refractivity contribution in [1.82, 2.24) is 20.0 Å². The molecule has 0 radical (unpaired) electrons. The molecule has 1 fully saturated rings. The van der Waals surface area contributed by atoms with E-state index < -0.39 is 0 Å². The molecule has 0 bridgehead atoms. The number of methoxy groups -OCH3 is 2. The summed E-state index contributed by atoms with van der Waals surface area (Å²) in [7, 11) is 3.00. The number of carbonyl (C=O) groups excluding carboxylic acids is 1. The van der Waals surface area contributed by atoms with Gasteiger partial charge in [-0.25, -0.2) is 4.39 Å². The Hall–Kier alpha value is -3.49. The summed E-state index contributed by atoms with van der Waals surface area (Å²) < 4.78 is 28.7. The van der Waals surface area contributed by atoms with E-state index in [2.05, 4.69) is 15.1 Å². The number of hydrogen-bond acceptors (Lipinski definition) is 7. The van der Waals surface area contributed by atoms with E-state index >= 15 is 0 Å². The molecule has 3 aromatic rings. The fraction of sp³-hybridized carbons (Fsp3) is 0.364. The topological polar surface area (TPSA) is 90.6 Å². The second kappa shape index (κ2) is 9.11. The van der Waals surface area contributed by atoms with Crippen LogP contribution in [0.25, 0.3) is 11.5 Å². The number of nitrogens with zero attached hydrogens (tertiary/aromatic N) is 4. The molecule has 1 aromatic carbocycles. The van der Waals surface area contributed by atoms with E-state index in [-0.39, 0.29) is 17.6 Å². The first-order chi connectivity index (χ1) is 15.1. The van der Waals surface area contributed by atoms with Gasteiger partial charge in [-0.1, -0.05) is 5.16 Å². The van der Waals surface area contributed by atoms with E-state index in [9.17, 15) is 9.18 Å². The van der Waals surface area contributed by atoms with Crippen molar-refractivity contribution >= 4 is 5.91 Å². The van der Waals surface area contributed by atoms with E-state index in [0.29, 0.717) is 54.2 Å². The van der Waals surface area contributed by atoms with Gasteiger partial charge in [-0.05, 0) is 49.1 Å². The summed E-state index contributed by atoms with van der Waals surface area (Å²) in [6.07, 6.45) is 2.38. The Morgan fingerprint density at radius 1 is 1.16 bits per heavy atom. The number of pyridine rings is 1. The smallest absolute Gasteiger partial charge is 0.259 e. The zero-order chi connectivity index (χ0) is 21.8. The predicted molar refractivity (Wildman–Crippen MR) is 109 cm³/mol. The summed E-state index contributed by atoms with van der Waals surface area (Å²) in [6, 6.07) is 9.26. The van der Waals surface area contributed by atoms with Crippen molar-refractivity contribution in [2.24, 2.45) is 5.92 Å². The second-order valence-corrected chi connectivity index (χ2v) is 7.38. The summed E-state index contributed by atoms with van der Waals surface area (Å²) in [5.74, 6) is 1.55. The summed E-state index contributed by atoms with van der Waals surface area (Å²) >= 11 is 0. The number of ether oxygens (including phenoxy) is 2. The molecular formula is C22H23FN4O4. The molecule has 1 aliphatic heterocycles. The molecule has 0 saturated carbocycles. The number of likely N-dealkylation sites (tertiary alicyclic amines) is 1. The first-order valence-electron chi connectivity index (χ1n) is 10.0. The Labute approximate surface area is 179 Å². The van der Waals surface area contributed by atoms with Crippen molar-refractivity contribution < 1.29 is 23.2 Å². The van der Waals surface area contributed by atoms with Gasteiger partial charge in [0.05, 0.1) is 14.2 Å². The number of aromatic nitrogens is 3. The van der Waals surface area contributed by atoms with E-state index in [1.165, 1.54) is 26.4 Å². The zero-order valence-corrected chi connectivity index (χ0v) is 17.4. The quantitative estimate of drug-likeness (QED) is 0.572. The van der Waals surface area contributed by atoms with Crippen LogP contribution < -0.4 is 9.47 Å². The molecule has 1 atom stereocenters. The van der Waals surface area contributed by atoms with Gasteiger partial charge in [-0.2, -0.15) is 9.97 Å². The van der Waals surface area contributed by atoms with Gasteiger partial charge in [-0.3, -0.25) is 4.79 Å². The summed E-state index contributed by atoms with van der Waals surface area (Å²) in [4.78, 5) is 23.3. The molecule has 9 heteroatoms. The average Bonchev–Trinajstić information content (AvgIpc) is 3.47. The molecule has 1 amide bonds. The maximum atomic E-state index is 13.1. The van der Waals surface area contributed by atoms with Crippen molar-refractivity contribution in [3.05, 3.63) is 53.6 Å². The number of rotatable bonds is 7. The van der Waals surface area contributed by atoms with Crippen molar-refractivity contribution in [2.45, 2.75) is 19.3 Å². The molecule has 1 unspecified atom stereocenters. The van der Waals surface area contributed by atoms with Gasteiger partial charge in [0.1, 0.15) is 11.4 Å². The van der Waals surface area contributed by atoms with Crippen LogP contribution in [-0.2, 0) is 6.42 Å². The monoisotopic (exact) mass is 426 g/mol. The molecule has 8 nitrogen and oxygen atoms in total. The van der Waals surface area contributed by atoms with Gasteiger partial charge in [0.2, 0.25) is 11.8 Å². The molecule has 1 aliphatic rings. The van der Waals surface area contributed by atoms with Gasteiger partial charge >= 0.3 is 0 Å². The minimum atomic E-state index is -0.313. The zero-order valence-electron chi connectivity index (χ0n) is 17.4. The maximum absolute atomic E-state index is 13.1. The van der Waals surface area contributed by atoms with Crippen LogP contribution in [0.3, 0.4) is 0 Å². The Morgan fingerprint density at radius 2 is 1.97 bits per heavy atom. The van der Waals surface area contributed by atoms with E-state index in [4.69, 9.17) is 14.0 Å². The highest BCUT2D eigenvalue weighted by atomic mass is 19.1. The fourth-order valence-electron chi connectivity index (χ4n) is 3.68. The third-order valence-corrected chi connectivity index (χ3v) is 5.38. The summed E-state index contributed by atoms with van der Waals surface area (Å²) in [5.41, 5.74) is 1.10. The van der Waals surface area contributed by atoms with Crippen LogP contribution in [0.15, 0.2) is 40.9 Å². The molecule has 0 aliphatic carbocycles. The largest absolute Gasteiger partial charge is 0.481 e. The molecular weight excluding hydrogens is 403 g/mol. The average molecular weight is 426 g/mol. The first-order valence-corrected chi connectivity index (χ1v) is 10.0. The molecule has 162 valence electrons. The highest BCUT2D eigenvalue weighted by molar-refractivity contribution is 5.96. The molecule has 1 saturated heterocycles. The van der Waals surface area contributed by atoms with E-state index in [0.717, 1.165) is 12.8 Å². The van der Waals surface area contributed by atoms with Gasteiger partial charge in [0.25, 0.3) is 11.8 Å². The van der Waals surface area contributed by atoms with Gasteiger partial charge in [0.15, 0.2) is 5.82 Å². The molecule has 3 heterocycles. The van der Waals surface area contributed by atoms with Crippen LogP contribution >= 0.6 is 0 Å². The lowest BCUT2D eigenvalue weighted by molar-refractivity contribution is 0.0782. The molecule has 0 spiro atoms. The standard InChI is InChI=1S/C22H23FN4O4/c1-29-19-10-8-17(21(25-19)30-2)22(28)27-12-11-14(13-27)3-9-18-24-20(31-26-18)15-4-6-16(23)7-5-15/h4-8,10,14H,3,9,11-13H2,1-2H3. The van der Waals surface area contributed by atoms with Crippen LogP contribution in [0, 0.1) is 11.7 Å². The van der Waals surface area contributed by atoms with E-state index in [1.54, 1.807) is 24.3 Å². The highest BCUT2D eigenvalue weighted by Crippen LogP contribution is 2.27. The summed E-state index contributed by atoms with van der Waals surface area (Å²) in [6.45, 7) is 1.32. The highest BCUT2D eigenvalue weighted by Gasteiger charge is 2.29. The fourth-order valence-corrected chi connectivity index (χ4v) is 3.68. The van der Waals surface area contributed by atoms with Crippen LogP contribution in [0.4, 0.5) is 4.39 Å². The Morgan fingerprint density at radius 3 is 2.71 bits per heavy atom. The second-order valence-electron chi connectivity index (χ2n) is 7.38. The number of amides is 1. The molecule has 0 N–H and O–H groups in total. The van der Waals surface area contributed by atoms with Gasteiger partial charge < -0.3 is 18.9 Å². The Balaban J connectivity index is 1.34. The minimum absolute atomic E-state index is 0.104. The summed E-state index contributed by atoms with van der Waals surface area (Å²) in [5, 5.41) is 4.02. The third kappa shape index (κ3) is 4.65. The van der Waals surface area contributed by atoms with E-state index in [1.807, 2.05) is 4.90 Å². The van der Waals surface area contributed by atoms with Crippen molar-refractivity contribution in [1.29, 1.82) is 0 Å². The van der Waals surface area contributed by atoms with Crippen molar-refractivity contribution in [3.8, 4) is 23.2 Å². The first kappa shape index (κ1) is 20.8. The molecule has 4 rings (SSSR count). The molecule has 31 heavy (non-hydrogen) atoms. The number of halogens is 1. The number of benzene rings is 1. The lowest BCUT2D eigenvalue weighted by atomic mass is 10.0. The number of aryl methyl sites for hydroxylation is 1. The van der Waals surface area contributed by atoms with Crippen LogP contribution in [0.2, 0.25) is 0 Å². The Kier molecular flexibility index (Phi) is 6.11. The third-order valence-electron chi connectivity index (χ3n) is 5.38. The van der Waals surface area contributed by atoms with Gasteiger partial charge in [-0.15, -0.1) is 0 Å².